The molecule has 6 nitrogen and oxygen atoms in total. The van der Waals surface area contributed by atoms with E-state index < -0.39 is 11.9 Å². The number of carbonyl (C=O) groups excluding carboxylic acids is 1. The topological polar surface area (TPSA) is 72.9 Å². The molecule has 0 spiro atoms. The first-order chi connectivity index (χ1) is 9.11. The van der Waals surface area contributed by atoms with Crippen molar-refractivity contribution in [3.05, 3.63) is 0 Å². The minimum atomic E-state index is -0.804. The summed E-state index contributed by atoms with van der Waals surface area (Å²) in [5, 5.41) is 11.8. The van der Waals surface area contributed by atoms with Gasteiger partial charge in [0.25, 0.3) is 0 Å². The number of hydrogen-bond donors (Lipinski definition) is 2. The zero-order valence-electron chi connectivity index (χ0n) is 11.5. The van der Waals surface area contributed by atoms with Crippen LogP contribution in [0.1, 0.15) is 26.2 Å². The molecular weight excluding hydrogens is 246 g/mol. The highest BCUT2D eigenvalue weighted by Crippen LogP contribution is 2.25. The minimum Gasteiger partial charge on any atom is -0.481 e. The first-order valence-electron chi connectivity index (χ1n) is 7.11. The predicted molar refractivity (Wildman–Crippen MR) is 71.0 cm³/mol. The van der Waals surface area contributed by atoms with Gasteiger partial charge in [0.2, 0.25) is 0 Å². The SMILES string of the molecule is CCN(CCNC(=O)N1CCC(C(=O)O)C1)C1CC1. The zero-order valence-corrected chi connectivity index (χ0v) is 11.5. The number of carbonyl (C=O) groups is 2. The lowest BCUT2D eigenvalue weighted by Crippen LogP contribution is -2.42. The summed E-state index contributed by atoms with van der Waals surface area (Å²) in [5.41, 5.74) is 0. The van der Waals surface area contributed by atoms with Crippen molar-refractivity contribution in [2.24, 2.45) is 5.92 Å². The first kappa shape index (κ1) is 14.1. The lowest BCUT2D eigenvalue weighted by atomic mass is 10.1. The molecule has 2 N–H and O–H groups in total. The van der Waals surface area contributed by atoms with Crippen LogP contribution < -0.4 is 5.32 Å². The first-order valence-corrected chi connectivity index (χ1v) is 7.11. The van der Waals surface area contributed by atoms with E-state index in [2.05, 4.69) is 17.1 Å². The van der Waals surface area contributed by atoms with Gasteiger partial charge in [-0.15, -0.1) is 0 Å². The Morgan fingerprint density at radius 3 is 2.63 bits per heavy atom. The van der Waals surface area contributed by atoms with Crippen LogP contribution in [0.5, 0.6) is 0 Å². The molecule has 0 aromatic carbocycles. The van der Waals surface area contributed by atoms with Gasteiger partial charge >= 0.3 is 12.0 Å². The molecule has 2 aliphatic rings. The Balaban J connectivity index is 1.65. The molecule has 0 bridgehead atoms. The summed E-state index contributed by atoms with van der Waals surface area (Å²) in [6, 6.07) is 0.584. The van der Waals surface area contributed by atoms with E-state index in [4.69, 9.17) is 5.11 Å². The lowest BCUT2D eigenvalue weighted by molar-refractivity contribution is -0.141. The van der Waals surface area contributed by atoms with E-state index in [1.165, 1.54) is 12.8 Å². The van der Waals surface area contributed by atoms with Crippen molar-refractivity contribution in [3.63, 3.8) is 0 Å². The standard InChI is InChI=1S/C13H23N3O3/c1-2-15(11-3-4-11)8-6-14-13(19)16-7-5-10(9-16)12(17)18/h10-11H,2-9H2,1H3,(H,14,19)(H,17,18). The molecule has 1 aliphatic heterocycles. The second kappa shape index (κ2) is 6.23. The molecule has 1 atom stereocenters. The Morgan fingerprint density at radius 2 is 2.11 bits per heavy atom. The number of nitrogens with one attached hydrogen (secondary N) is 1. The summed E-state index contributed by atoms with van der Waals surface area (Å²) < 4.78 is 0. The van der Waals surface area contributed by atoms with Crippen LogP contribution in [0.15, 0.2) is 0 Å². The molecule has 108 valence electrons. The van der Waals surface area contributed by atoms with Crippen molar-refractivity contribution < 1.29 is 14.7 Å². The number of rotatable bonds is 6. The van der Waals surface area contributed by atoms with Crippen molar-refractivity contribution in [2.75, 3.05) is 32.7 Å². The van der Waals surface area contributed by atoms with Gasteiger partial charge in [0.05, 0.1) is 5.92 Å². The van der Waals surface area contributed by atoms with Gasteiger partial charge in [0.1, 0.15) is 0 Å². The van der Waals surface area contributed by atoms with Gasteiger partial charge in [-0.1, -0.05) is 6.92 Å². The Kier molecular flexibility index (Phi) is 4.63. The Hall–Kier alpha value is -1.30. The molecule has 1 unspecified atom stereocenters. The van der Waals surface area contributed by atoms with Crippen LogP contribution in [0.3, 0.4) is 0 Å². The number of likely N-dealkylation sites (N-methyl/N-ethyl adjacent to an activating group) is 1. The second-order valence-corrected chi connectivity index (χ2v) is 5.36. The van der Waals surface area contributed by atoms with Crippen LogP contribution in [0.2, 0.25) is 0 Å². The molecule has 1 saturated carbocycles. The number of amides is 2. The maximum Gasteiger partial charge on any atom is 0.317 e. The summed E-state index contributed by atoms with van der Waals surface area (Å²) in [6.07, 6.45) is 3.11. The van der Waals surface area contributed by atoms with E-state index >= 15 is 0 Å². The highest BCUT2D eigenvalue weighted by Gasteiger charge is 2.31. The average Bonchev–Trinajstić information content (AvgIpc) is 3.09. The Morgan fingerprint density at radius 1 is 1.37 bits per heavy atom. The third kappa shape index (κ3) is 3.83. The number of aliphatic carboxylic acids is 1. The highest BCUT2D eigenvalue weighted by molar-refractivity contribution is 5.77. The Bertz CT molecular complexity index is 344. The fraction of sp³-hybridized carbons (Fsp3) is 0.846. The summed E-state index contributed by atoms with van der Waals surface area (Å²) in [5.74, 6) is -1.20. The molecule has 1 heterocycles. The summed E-state index contributed by atoms with van der Waals surface area (Å²) in [4.78, 5) is 26.7. The number of hydrogen-bond acceptors (Lipinski definition) is 3. The van der Waals surface area contributed by atoms with Crippen LogP contribution >= 0.6 is 0 Å². The third-order valence-electron chi connectivity index (χ3n) is 3.97. The van der Waals surface area contributed by atoms with Crippen molar-refractivity contribution in [1.82, 2.24) is 15.1 Å². The second-order valence-electron chi connectivity index (χ2n) is 5.36. The average molecular weight is 269 g/mol. The smallest absolute Gasteiger partial charge is 0.317 e. The lowest BCUT2D eigenvalue weighted by Gasteiger charge is -2.21. The van der Waals surface area contributed by atoms with Crippen molar-refractivity contribution in [2.45, 2.75) is 32.2 Å². The van der Waals surface area contributed by atoms with E-state index in [1.807, 2.05) is 0 Å². The maximum atomic E-state index is 11.9. The van der Waals surface area contributed by atoms with Crippen molar-refractivity contribution in [1.29, 1.82) is 0 Å². The fourth-order valence-corrected chi connectivity index (χ4v) is 2.60. The van der Waals surface area contributed by atoms with E-state index in [1.54, 1.807) is 4.90 Å². The van der Waals surface area contributed by atoms with Crippen LogP contribution in [-0.2, 0) is 4.79 Å². The van der Waals surface area contributed by atoms with Crippen molar-refractivity contribution in [3.8, 4) is 0 Å². The predicted octanol–water partition coefficient (Wildman–Crippen LogP) is 0.587. The zero-order chi connectivity index (χ0) is 13.8. The van der Waals surface area contributed by atoms with Gasteiger partial charge in [0.15, 0.2) is 0 Å². The number of nitrogens with zero attached hydrogens (tertiary/aromatic N) is 2. The monoisotopic (exact) mass is 269 g/mol. The normalized spacial score (nSPS) is 22.8. The van der Waals surface area contributed by atoms with Crippen LogP contribution in [-0.4, -0.2) is 65.7 Å². The number of carboxylic acid groups (broad SMARTS) is 1. The molecule has 2 amide bonds. The molecule has 6 heteroatoms. The van der Waals surface area contributed by atoms with Gasteiger partial charge < -0.3 is 15.3 Å². The van der Waals surface area contributed by atoms with Crippen LogP contribution in [0.4, 0.5) is 4.79 Å². The van der Waals surface area contributed by atoms with E-state index in [0.29, 0.717) is 32.1 Å². The van der Waals surface area contributed by atoms with Gasteiger partial charge in [-0.3, -0.25) is 9.69 Å². The molecule has 19 heavy (non-hydrogen) atoms. The molecule has 1 aliphatic carbocycles. The molecule has 2 rings (SSSR count). The van der Waals surface area contributed by atoms with E-state index in [-0.39, 0.29) is 6.03 Å². The molecule has 2 fully saturated rings. The third-order valence-corrected chi connectivity index (χ3v) is 3.97. The van der Waals surface area contributed by atoms with Crippen molar-refractivity contribution >= 4 is 12.0 Å². The molecule has 0 radical (unpaired) electrons. The summed E-state index contributed by atoms with van der Waals surface area (Å²) >= 11 is 0. The quantitative estimate of drug-likeness (QED) is 0.740. The van der Waals surface area contributed by atoms with Gasteiger partial charge in [-0.05, 0) is 25.8 Å². The van der Waals surface area contributed by atoms with E-state index in [0.717, 1.165) is 13.1 Å². The van der Waals surface area contributed by atoms with E-state index in [9.17, 15) is 9.59 Å². The molecule has 0 aromatic heterocycles. The largest absolute Gasteiger partial charge is 0.481 e. The number of urea groups is 1. The van der Waals surface area contributed by atoms with Gasteiger partial charge in [-0.2, -0.15) is 0 Å². The molecular formula is C13H23N3O3. The highest BCUT2D eigenvalue weighted by atomic mass is 16.4. The molecule has 1 saturated heterocycles. The summed E-state index contributed by atoms with van der Waals surface area (Å²) in [6.45, 7) is 5.55. The van der Waals surface area contributed by atoms with Gasteiger partial charge in [0, 0.05) is 32.2 Å². The fourth-order valence-electron chi connectivity index (χ4n) is 2.60. The maximum absolute atomic E-state index is 11.9. The molecule has 0 aromatic rings. The Labute approximate surface area is 113 Å². The number of likely N-dealkylation sites (tertiary alicyclic amines) is 1. The number of carboxylic acids is 1. The van der Waals surface area contributed by atoms with Crippen LogP contribution in [0, 0.1) is 5.92 Å². The van der Waals surface area contributed by atoms with Gasteiger partial charge in [-0.25, -0.2) is 4.79 Å². The van der Waals surface area contributed by atoms with Crippen LogP contribution in [0.25, 0.3) is 0 Å². The minimum absolute atomic E-state index is 0.129. The summed E-state index contributed by atoms with van der Waals surface area (Å²) in [7, 11) is 0.